The molecule has 1 unspecified atom stereocenters. The van der Waals surface area contributed by atoms with E-state index in [0.717, 1.165) is 12.8 Å². The van der Waals surface area contributed by atoms with Crippen molar-refractivity contribution in [2.75, 3.05) is 13.2 Å². The van der Waals surface area contributed by atoms with Crippen LogP contribution < -0.4 is 11.3 Å². The zero-order valence-corrected chi connectivity index (χ0v) is 8.52. The number of hydrogen-bond donors (Lipinski definition) is 2. The molecule has 0 aromatic rings. The van der Waals surface area contributed by atoms with Gasteiger partial charge in [-0.3, -0.25) is 11.3 Å². The van der Waals surface area contributed by atoms with E-state index in [-0.39, 0.29) is 12.6 Å². The minimum Gasteiger partial charge on any atom is -0.372 e. The van der Waals surface area contributed by atoms with Crippen molar-refractivity contribution >= 4 is 0 Å². The maximum atomic E-state index is 11.7. The summed E-state index contributed by atoms with van der Waals surface area (Å²) in [6, 6.07) is -0.0313. The van der Waals surface area contributed by atoms with Gasteiger partial charge < -0.3 is 4.74 Å². The van der Waals surface area contributed by atoms with Crippen molar-refractivity contribution in [3.8, 4) is 0 Å². The summed E-state index contributed by atoms with van der Waals surface area (Å²) in [5.41, 5.74) is 2.53. The van der Waals surface area contributed by atoms with Crippen molar-refractivity contribution in [2.24, 2.45) is 5.84 Å². The lowest BCUT2D eigenvalue weighted by atomic mass is 10.1. The summed E-state index contributed by atoms with van der Waals surface area (Å²) in [5, 5.41) is 0. The molecule has 0 spiro atoms. The van der Waals surface area contributed by atoms with Crippen molar-refractivity contribution in [2.45, 2.75) is 31.5 Å². The third-order valence-corrected chi connectivity index (χ3v) is 1.83. The van der Waals surface area contributed by atoms with Crippen molar-refractivity contribution in [1.29, 1.82) is 0 Å². The summed E-state index contributed by atoms with van der Waals surface area (Å²) >= 11 is 0. The summed E-state index contributed by atoms with van der Waals surface area (Å²) in [4.78, 5) is 0. The summed E-state index contributed by atoms with van der Waals surface area (Å²) in [6.45, 7) is 2.39. The van der Waals surface area contributed by atoms with Gasteiger partial charge in [0, 0.05) is 12.6 Å². The van der Waals surface area contributed by atoms with Gasteiger partial charge in [0.2, 0.25) is 0 Å². The van der Waals surface area contributed by atoms with E-state index >= 15 is 0 Å². The number of halogens is 3. The summed E-state index contributed by atoms with van der Waals surface area (Å²) in [7, 11) is 0. The van der Waals surface area contributed by atoms with E-state index in [2.05, 4.69) is 16.7 Å². The van der Waals surface area contributed by atoms with Gasteiger partial charge in [-0.25, -0.2) is 0 Å². The van der Waals surface area contributed by atoms with Gasteiger partial charge in [0.1, 0.15) is 6.61 Å². The molecule has 90 valence electrons. The molecule has 6 heteroatoms. The van der Waals surface area contributed by atoms with Crippen molar-refractivity contribution < 1.29 is 17.9 Å². The molecule has 0 radical (unpaired) electrons. The van der Waals surface area contributed by atoms with Crippen LogP contribution in [0.25, 0.3) is 0 Å². The van der Waals surface area contributed by atoms with Crippen LogP contribution >= 0.6 is 0 Å². The van der Waals surface area contributed by atoms with E-state index in [1.54, 1.807) is 6.08 Å². The van der Waals surface area contributed by atoms with Crippen molar-refractivity contribution in [1.82, 2.24) is 5.43 Å². The predicted octanol–water partition coefficient (Wildman–Crippen LogP) is 1.75. The van der Waals surface area contributed by atoms with E-state index < -0.39 is 12.8 Å². The first-order valence-corrected chi connectivity index (χ1v) is 4.71. The zero-order valence-electron chi connectivity index (χ0n) is 8.52. The van der Waals surface area contributed by atoms with Crippen LogP contribution in [0.5, 0.6) is 0 Å². The van der Waals surface area contributed by atoms with Gasteiger partial charge in [-0.1, -0.05) is 6.08 Å². The van der Waals surface area contributed by atoms with Crippen LogP contribution in [-0.4, -0.2) is 25.4 Å². The number of nitrogens with two attached hydrogens (primary N) is 1. The molecule has 0 heterocycles. The SMILES string of the molecule is C=CCCC(CCOCC(F)(F)F)NN. The molecule has 3 N–H and O–H groups in total. The van der Waals surface area contributed by atoms with Crippen LogP contribution in [0, 0.1) is 0 Å². The van der Waals surface area contributed by atoms with E-state index in [0.29, 0.717) is 6.42 Å². The third kappa shape index (κ3) is 9.71. The van der Waals surface area contributed by atoms with Crippen LogP contribution in [0.1, 0.15) is 19.3 Å². The highest BCUT2D eigenvalue weighted by atomic mass is 19.4. The Hall–Kier alpha value is -0.590. The molecule has 3 nitrogen and oxygen atoms in total. The predicted molar refractivity (Wildman–Crippen MR) is 52.0 cm³/mol. The molecule has 15 heavy (non-hydrogen) atoms. The maximum Gasteiger partial charge on any atom is 0.411 e. The Morgan fingerprint density at radius 3 is 2.53 bits per heavy atom. The molecule has 0 saturated carbocycles. The molecule has 0 aliphatic rings. The molecule has 0 amide bonds. The first kappa shape index (κ1) is 14.4. The molecule has 0 aromatic heterocycles. The number of nitrogens with one attached hydrogen (secondary N) is 1. The average Bonchev–Trinajstić information content (AvgIpc) is 2.15. The highest BCUT2D eigenvalue weighted by Gasteiger charge is 2.27. The van der Waals surface area contributed by atoms with Gasteiger partial charge in [-0.15, -0.1) is 6.58 Å². The molecule has 0 bridgehead atoms. The lowest BCUT2D eigenvalue weighted by Crippen LogP contribution is -2.36. The summed E-state index contributed by atoms with van der Waals surface area (Å²) in [6.07, 6.45) is -0.544. The first-order chi connectivity index (χ1) is 6.99. The summed E-state index contributed by atoms with van der Waals surface area (Å²) < 4.78 is 39.5. The van der Waals surface area contributed by atoms with E-state index in [1.807, 2.05) is 0 Å². The lowest BCUT2D eigenvalue weighted by Gasteiger charge is -2.15. The molecule has 0 saturated heterocycles. The van der Waals surface area contributed by atoms with E-state index in [9.17, 15) is 13.2 Å². The first-order valence-electron chi connectivity index (χ1n) is 4.71. The number of ether oxygens (including phenoxy) is 1. The fourth-order valence-electron chi connectivity index (χ4n) is 1.04. The van der Waals surface area contributed by atoms with Gasteiger partial charge >= 0.3 is 6.18 Å². The smallest absolute Gasteiger partial charge is 0.372 e. The van der Waals surface area contributed by atoms with Gasteiger partial charge in [0.15, 0.2) is 0 Å². The van der Waals surface area contributed by atoms with Gasteiger partial charge in [0.05, 0.1) is 0 Å². The fourth-order valence-corrected chi connectivity index (χ4v) is 1.04. The number of hydrogen-bond acceptors (Lipinski definition) is 3. The van der Waals surface area contributed by atoms with Crippen LogP contribution in [0.2, 0.25) is 0 Å². The Morgan fingerprint density at radius 2 is 2.07 bits per heavy atom. The standard InChI is InChI=1S/C9H17F3N2O/c1-2-3-4-8(14-13)5-6-15-7-9(10,11)12/h2,8,14H,1,3-7,13H2. The second-order valence-corrected chi connectivity index (χ2v) is 3.19. The molecule has 0 aromatic carbocycles. The van der Waals surface area contributed by atoms with Crippen LogP contribution in [0.3, 0.4) is 0 Å². The molecular weight excluding hydrogens is 209 g/mol. The third-order valence-electron chi connectivity index (χ3n) is 1.83. The van der Waals surface area contributed by atoms with Crippen LogP contribution in [0.15, 0.2) is 12.7 Å². The number of allylic oxidation sites excluding steroid dienone is 1. The second kappa shape index (κ2) is 7.67. The second-order valence-electron chi connectivity index (χ2n) is 3.19. The molecule has 0 fully saturated rings. The van der Waals surface area contributed by atoms with Crippen molar-refractivity contribution in [3.05, 3.63) is 12.7 Å². The average molecular weight is 226 g/mol. The summed E-state index contributed by atoms with van der Waals surface area (Å²) in [5.74, 6) is 5.22. The quantitative estimate of drug-likeness (QED) is 0.287. The molecule has 0 rings (SSSR count). The largest absolute Gasteiger partial charge is 0.411 e. The minimum atomic E-state index is -4.26. The highest BCUT2D eigenvalue weighted by Crippen LogP contribution is 2.14. The molecule has 0 aliphatic carbocycles. The van der Waals surface area contributed by atoms with Gasteiger partial charge in [0.25, 0.3) is 0 Å². The van der Waals surface area contributed by atoms with E-state index in [1.165, 1.54) is 0 Å². The van der Waals surface area contributed by atoms with E-state index in [4.69, 9.17) is 5.84 Å². The Morgan fingerprint density at radius 1 is 1.40 bits per heavy atom. The Labute approximate surface area is 87.4 Å². The van der Waals surface area contributed by atoms with Gasteiger partial charge in [-0.05, 0) is 19.3 Å². The van der Waals surface area contributed by atoms with Crippen molar-refractivity contribution in [3.63, 3.8) is 0 Å². The molecular formula is C9H17F3N2O. The normalized spacial score (nSPS) is 13.9. The zero-order chi connectivity index (χ0) is 11.7. The lowest BCUT2D eigenvalue weighted by molar-refractivity contribution is -0.174. The van der Waals surface area contributed by atoms with Crippen LogP contribution in [0.4, 0.5) is 13.2 Å². The minimum absolute atomic E-state index is 0.0313. The number of rotatable bonds is 8. The molecule has 1 atom stereocenters. The number of alkyl halides is 3. The van der Waals surface area contributed by atoms with Gasteiger partial charge in [-0.2, -0.15) is 13.2 Å². The monoisotopic (exact) mass is 226 g/mol. The number of hydrazine groups is 1. The fraction of sp³-hybridized carbons (Fsp3) is 0.778. The Balaban J connectivity index is 3.50. The highest BCUT2D eigenvalue weighted by molar-refractivity contribution is 4.72. The van der Waals surface area contributed by atoms with Crippen LogP contribution in [-0.2, 0) is 4.74 Å². The topological polar surface area (TPSA) is 47.3 Å². The molecule has 0 aliphatic heterocycles. The maximum absolute atomic E-state index is 11.7. The Kier molecular flexibility index (Phi) is 7.37. The Bertz CT molecular complexity index is 173.